The molecule has 0 saturated heterocycles. The van der Waals surface area contributed by atoms with Crippen LogP contribution in [0, 0.1) is 5.82 Å². The molecular weight excluding hydrogens is 319 g/mol. The quantitative estimate of drug-likeness (QED) is 0.720. The Morgan fingerprint density at radius 3 is 2.55 bits per heavy atom. The fourth-order valence-corrected chi connectivity index (χ4v) is 2.39. The lowest BCUT2D eigenvalue weighted by Gasteiger charge is -2.13. The minimum absolute atomic E-state index is 0. The molecule has 0 aliphatic carbocycles. The monoisotopic (exact) mass is 340 g/mol. The van der Waals surface area contributed by atoms with E-state index in [4.69, 9.17) is 0 Å². The lowest BCUT2D eigenvalue weighted by molar-refractivity contribution is -0.723. The van der Waals surface area contributed by atoms with Gasteiger partial charge in [0.05, 0.1) is 0 Å². The first kappa shape index (κ1) is 16.9. The number of unbranched alkanes of at least 4 members (excludes halogenated alkanes) is 1. The van der Waals surface area contributed by atoms with Crippen LogP contribution in [-0.4, -0.2) is 4.98 Å². The summed E-state index contributed by atoms with van der Waals surface area (Å²) >= 11 is 0. The van der Waals surface area contributed by atoms with Crippen molar-refractivity contribution in [3.8, 4) is 0 Å². The van der Waals surface area contributed by atoms with Crippen LogP contribution in [0.15, 0.2) is 43.0 Å². The maximum absolute atomic E-state index is 12.9. The van der Waals surface area contributed by atoms with Crippen LogP contribution in [0.1, 0.15) is 44.2 Å². The van der Waals surface area contributed by atoms with Crippen LogP contribution >= 0.6 is 0 Å². The molecule has 0 amide bonds. The van der Waals surface area contributed by atoms with Crippen molar-refractivity contribution in [1.82, 2.24) is 4.98 Å². The van der Waals surface area contributed by atoms with Crippen molar-refractivity contribution in [1.29, 1.82) is 0 Å². The van der Waals surface area contributed by atoms with Gasteiger partial charge in [-0.2, -0.15) is 0 Å². The molecule has 4 heteroatoms. The van der Waals surface area contributed by atoms with E-state index in [2.05, 4.69) is 22.7 Å². The summed E-state index contributed by atoms with van der Waals surface area (Å²) < 4.78 is 15.1. The Kier molecular flexibility index (Phi) is 7.52. The fraction of sp³-hybridized carbons (Fsp3) is 0.438. The van der Waals surface area contributed by atoms with Gasteiger partial charge in [0, 0.05) is 0 Å². The summed E-state index contributed by atoms with van der Waals surface area (Å²) in [7, 11) is 0. The Morgan fingerprint density at radius 2 is 1.95 bits per heavy atom. The number of aromatic amines is 1. The van der Waals surface area contributed by atoms with Gasteiger partial charge in [0.15, 0.2) is 0 Å². The second-order valence-electron chi connectivity index (χ2n) is 5.02. The van der Waals surface area contributed by atoms with E-state index in [-0.39, 0.29) is 22.8 Å². The molecule has 1 aromatic carbocycles. The average Bonchev–Trinajstić information content (AvgIpc) is 2.95. The van der Waals surface area contributed by atoms with Crippen molar-refractivity contribution in [2.45, 2.75) is 45.1 Å². The third kappa shape index (κ3) is 5.08. The molecule has 1 N–H and O–H groups in total. The molecule has 110 valence electrons. The summed E-state index contributed by atoms with van der Waals surface area (Å²) in [6.07, 6.45) is 11.8. The molecule has 2 aromatic rings. The molecule has 0 radical (unpaired) electrons. The Balaban J connectivity index is 0.00000200. The predicted molar refractivity (Wildman–Crippen MR) is 74.3 cm³/mol. The summed E-state index contributed by atoms with van der Waals surface area (Å²) in [5.41, 5.74) is 1.21. The number of benzene rings is 1. The van der Waals surface area contributed by atoms with Crippen LogP contribution in [0.2, 0.25) is 0 Å². The Morgan fingerprint density at radius 1 is 1.20 bits per heavy atom. The first-order chi connectivity index (χ1) is 9.29. The minimum atomic E-state index is -0.161. The van der Waals surface area contributed by atoms with Crippen LogP contribution in [0.25, 0.3) is 0 Å². The predicted octanol–water partition coefficient (Wildman–Crippen LogP) is 0.809. The number of hydrogen-bond donors (Lipinski definition) is 1. The molecule has 0 fully saturated rings. The second-order valence-corrected chi connectivity index (χ2v) is 5.02. The molecule has 1 aromatic heterocycles. The topological polar surface area (TPSA) is 19.7 Å². The highest BCUT2D eigenvalue weighted by atomic mass is 79.9. The summed E-state index contributed by atoms with van der Waals surface area (Å²) in [6, 6.07) is 7.37. The number of rotatable bonds is 7. The van der Waals surface area contributed by atoms with Crippen LogP contribution in [0.5, 0.6) is 0 Å². The van der Waals surface area contributed by atoms with Gasteiger partial charge < -0.3 is 17.0 Å². The molecule has 0 saturated carbocycles. The van der Waals surface area contributed by atoms with Gasteiger partial charge in [0.2, 0.25) is 6.33 Å². The normalized spacial score (nSPS) is 11.9. The van der Waals surface area contributed by atoms with Gasteiger partial charge in [-0.25, -0.2) is 8.96 Å². The largest absolute Gasteiger partial charge is 1.00 e. The van der Waals surface area contributed by atoms with E-state index in [0.717, 1.165) is 12.8 Å². The first-order valence-electron chi connectivity index (χ1n) is 7.07. The zero-order valence-electron chi connectivity index (χ0n) is 11.9. The van der Waals surface area contributed by atoms with E-state index >= 15 is 0 Å². The van der Waals surface area contributed by atoms with Crippen molar-refractivity contribution in [2.24, 2.45) is 0 Å². The van der Waals surface area contributed by atoms with Gasteiger partial charge in [-0.15, -0.1) is 0 Å². The van der Waals surface area contributed by atoms with E-state index < -0.39 is 0 Å². The maximum Gasteiger partial charge on any atom is 0.241 e. The minimum Gasteiger partial charge on any atom is -1.00 e. The van der Waals surface area contributed by atoms with Gasteiger partial charge in [-0.1, -0.05) is 25.5 Å². The molecular formula is C16H22BrFN2. The summed E-state index contributed by atoms with van der Waals surface area (Å²) in [5.74, 6) is -0.161. The summed E-state index contributed by atoms with van der Waals surface area (Å²) in [4.78, 5) is 3.11. The van der Waals surface area contributed by atoms with Crippen molar-refractivity contribution in [3.05, 3.63) is 54.4 Å². The van der Waals surface area contributed by atoms with Crippen molar-refractivity contribution >= 4 is 0 Å². The highest BCUT2D eigenvalue weighted by Gasteiger charge is 2.14. The molecule has 1 heterocycles. The van der Waals surface area contributed by atoms with E-state index in [1.54, 1.807) is 12.1 Å². The number of hydrogen-bond acceptors (Lipinski definition) is 0. The second kappa shape index (κ2) is 8.90. The number of nitrogens with one attached hydrogen (secondary N) is 1. The maximum atomic E-state index is 12.9. The molecule has 1 unspecified atom stereocenters. The number of nitrogens with zero attached hydrogens (tertiary/aromatic N) is 1. The molecule has 20 heavy (non-hydrogen) atoms. The van der Waals surface area contributed by atoms with Crippen LogP contribution in [0.4, 0.5) is 4.39 Å². The van der Waals surface area contributed by atoms with E-state index in [9.17, 15) is 4.39 Å². The first-order valence-corrected chi connectivity index (χ1v) is 7.07. The third-order valence-corrected chi connectivity index (χ3v) is 3.56. The number of imidazole rings is 1. The lowest BCUT2D eigenvalue weighted by atomic mass is 10.0. The summed E-state index contributed by atoms with van der Waals surface area (Å²) in [5, 5.41) is 0. The lowest BCUT2D eigenvalue weighted by Crippen LogP contribution is -3.00. The average molecular weight is 341 g/mol. The SMILES string of the molecule is CCCCC(CCc1ccc(F)cc1)[n+]1cc[nH]c1.[Br-]. The number of aryl methyl sites for hydroxylation is 1. The van der Waals surface area contributed by atoms with E-state index in [0.29, 0.717) is 6.04 Å². The van der Waals surface area contributed by atoms with Crippen molar-refractivity contribution in [2.75, 3.05) is 0 Å². The van der Waals surface area contributed by atoms with Crippen LogP contribution in [0.3, 0.4) is 0 Å². The van der Waals surface area contributed by atoms with Crippen LogP contribution in [-0.2, 0) is 6.42 Å². The van der Waals surface area contributed by atoms with Gasteiger partial charge in [0.25, 0.3) is 0 Å². The number of aromatic nitrogens is 2. The van der Waals surface area contributed by atoms with Crippen molar-refractivity contribution < 1.29 is 25.9 Å². The molecule has 0 bridgehead atoms. The van der Waals surface area contributed by atoms with Crippen molar-refractivity contribution in [3.63, 3.8) is 0 Å². The fourth-order valence-electron chi connectivity index (χ4n) is 2.39. The van der Waals surface area contributed by atoms with Crippen LogP contribution < -0.4 is 21.5 Å². The number of H-pyrrole nitrogens is 1. The van der Waals surface area contributed by atoms with E-state index in [1.165, 1.54) is 24.8 Å². The third-order valence-electron chi connectivity index (χ3n) is 3.56. The molecule has 2 nitrogen and oxygen atoms in total. The molecule has 0 aliphatic heterocycles. The van der Waals surface area contributed by atoms with Gasteiger partial charge in [-0.3, -0.25) is 4.98 Å². The zero-order valence-corrected chi connectivity index (χ0v) is 13.4. The Hall–Kier alpha value is -1.16. The van der Waals surface area contributed by atoms with E-state index in [1.807, 2.05) is 24.7 Å². The molecule has 1 atom stereocenters. The molecule has 2 rings (SSSR count). The Labute approximate surface area is 130 Å². The molecule has 0 aliphatic rings. The standard InChI is InChI=1S/C16H21FN2.BrH/c1-2-3-4-16(19-12-11-18-13-19)10-7-14-5-8-15(17)9-6-14;/h5-6,8-9,11-13,16H,2-4,7,10H2,1H3;1H. The number of halogens is 2. The Bertz CT molecular complexity index is 468. The highest BCUT2D eigenvalue weighted by Crippen LogP contribution is 2.16. The molecule has 0 spiro atoms. The zero-order chi connectivity index (χ0) is 13.5. The summed E-state index contributed by atoms with van der Waals surface area (Å²) in [6.45, 7) is 2.22. The van der Waals surface area contributed by atoms with Gasteiger partial charge >= 0.3 is 0 Å². The van der Waals surface area contributed by atoms with Gasteiger partial charge in [0.1, 0.15) is 24.3 Å². The van der Waals surface area contributed by atoms with Gasteiger partial charge in [-0.05, 0) is 43.4 Å². The smallest absolute Gasteiger partial charge is 0.241 e. The highest BCUT2D eigenvalue weighted by molar-refractivity contribution is 5.16.